The van der Waals surface area contributed by atoms with Crippen molar-refractivity contribution in [3.05, 3.63) is 66.5 Å². The fourth-order valence-electron chi connectivity index (χ4n) is 2.15. The number of amides is 1. The number of rotatable bonds is 7. The van der Waals surface area contributed by atoms with Crippen LogP contribution in [0.3, 0.4) is 0 Å². The Hall–Kier alpha value is -3.22. The maximum atomic E-state index is 12.2. The number of benzene rings is 2. The second kappa shape index (κ2) is 7.87. The molecule has 122 valence electrons. The zero-order valence-corrected chi connectivity index (χ0v) is 13.0. The van der Waals surface area contributed by atoms with Crippen LogP contribution >= 0.6 is 0 Å². The normalized spacial score (nSPS) is 10.3. The Morgan fingerprint density at radius 2 is 2.00 bits per heavy atom. The Bertz CT molecular complexity index is 775. The van der Waals surface area contributed by atoms with Gasteiger partial charge in [-0.25, -0.2) is 4.68 Å². The summed E-state index contributed by atoms with van der Waals surface area (Å²) in [6.07, 6.45) is 2.21. The number of para-hydroxylation sites is 1. The summed E-state index contributed by atoms with van der Waals surface area (Å²) < 4.78 is 7.09. The summed E-state index contributed by atoms with van der Waals surface area (Å²) in [4.78, 5) is 12.2. The van der Waals surface area contributed by atoms with Crippen molar-refractivity contribution >= 4 is 5.91 Å². The molecule has 0 atom stereocenters. The van der Waals surface area contributed by atoms with Crippen molar-refractivity contribution in [3.63, 3.8) is 0 Å². The number of nitrogens with one attached hydrogen (secondary N) is 1. The summed E-state index contributed by atoms with van der Waals surface area (Å²) in [6, 6.07) is 16.7. The van der Waals surface area contributed by atoms with Gasteiger partial charge in [0.05, 0.1) is 12.3 Å². The largest absolute Gasteiger partial charge is 0.494 e. The van der Waals surface area contributed by atoms with Crippen molar-refractivity contribution in [2.75, 3.05) is 13.2 Å². The summed E-state index contributed by atoms with van der Waals surface area (Å²) >= 11 is 0. The first kappa shape index (κ1) is 15.7. The zero-order chi connectivity index (χ0) is 16.6. The van der Waals surface area contributed by atoms with E-state index < -0.39 is 0 Å². The molecule has 0 unspecified atom stereocenters. The van der Waals surface area contributed by atoms with Crippen LogP contribution < -0.4 is 10.1 Å². The molecule has 7 nitrogen and oxygen atoms in total. The van der Waals surface area contributed by atoms with E-state index in [1.54, 1.807) is 18.2 Å². The first-order valence-electron chi connectivity index (χ1n) is 7.62. The third-order valence-electron chi connectivity index (χ3n) is 3.34. The fourth-order valence-corrected chi connectivity index (χ4v) is 2.15. The minimum absolute atomic E-state index is 0.135. The lowest BCUT2D eigenvalue weighted by atomic mass is 10.2. The zero-order valence-electron chi connectivity index (χ0n) is 13.0. The minimum Gasteiger partial charge on any atom is -0.494 e. The molecule has 1 heterocycles. The molecule has 0 aliphatic carbocycles. The molecule has 0 radical (unpaired) electrons. The minimum atomic E-state index is -0.135. The van der Waals surface area contributed by atoms with Crippen molar-refractivity contribution in [1.29, 1.82) is 0 Å². The second-order valence-electron chi connectivity index (χ2n) is 5.08. The molecular weight excluding hydrogens is 306 g/mol. The van der Waals surface area contributed by atoms with Gasteiger partial charge in [0.2, 0.25) is 0 Å². The first-order valence-corrected chi connectivity index (χ1v) is 7.62. The summed E-state index contributed by atoms with van der Waals surface area (Å²) in [7, 11) is 0. The standard InChI is InChI=1S/C17H17N5O2/c23-17(18-10-5-11-24-16-8-2-1-3-9-16)14-6-4-7-15(12-14)22-13-19-20-21-22/h1-4,6-9,12-13H,5,10-11H2,(H,18,23). The topological polar surface area (TPSA) is 81.9 Å². The van der Waals surface area contributed by atoms with Crippen molar-refractivity contribution in [2.45, 2.75) is 6.42 Å². The molecule has 1 N–H and O–H groups in total. The van der Waals surface area contributed by atoms with E-state index in [0.29, 0.717) is 18.7 Å². The third-order valence-corrected chi connectivity index (χ3v) is 3.34. The highest BCUT2D eigenvalue weighted by Crippen LogP contribution is 2.09. The Kier molecular flexibility index (Phi) is 5.14. The number of aromatic nitrogens is 4. The van der Waals surface area contributed by atoms with E-state index in [0.717, 1.165) is 17.9 Å². The Labute approximate surface area is 139 Å². The van der Waals surface area contributed by atoms with Crippen molar-refractivity contribution in [1.82, 2.24) is 25.5 Å². The molecule has 0 saturated heterocycles. The van der Waals surface area contributed by atoms with Crippen LogP contribution in [0.2, 0.25) is 0 Å². The molecule has 3 aromatic rings. The van der Waals surface area contributed by atoms with Gasteiger partial charge in [-0.1, -0.05) is 24.3 Å². The van der Waals surface area contributed by atoms with Gasteiger partial charge < -0.3 is 10.1 Å². The number of carbonyl (C=O) groups is 1. The first-order chi connectivity index (χ1) is 11.8. The summed E-state index contributed by atoms with van der Waals surface area (Å²) in [5, 5.41) is 13.9. The molecule has 1 aromatic heterocycles. The molecule has 0 spiro atoms. The van der Waals surface area contributed by atoms with Gasteiger partial charge >= 0.3 is 0 Å². The molecule has 2 aromatic carbocycles. The number of carbonyl (C=O) groups excluding carboxylic acids is 1. The second-order valence-corrected chi connectivity index (χ2v) is 5.08. The molecule has 0 aliphatic heterocycles. The van der Waals surface area contributed by atoms with E-state index in [2.05, 4.69) is 20.8 Å². The molecule has 7 heteroatoms. The van der Waals surface area contributed by atoms with Gasteiger partial charge in [-0.05, 0) is 47.2 Å². The van der Waals surface area contributed by atoms with Crippen LogP contribution in [-0.2, 0) is 0 Å². The quantitative estimate of drug-likeness (QED) is 0.671. The molecule has 0 aliphatic rings. The van der Waals surface area contributed by atoms with Crippen LogP contribution in [0, 0.1) is 0 Å². The number of tetrazole rings is 1. The fraction of sp³-hybridized carbons (Fsp3) is 0.176. The van der Waals surface area contributed by atoms with Crippen LogP contribution in [0.1, 0.15) is 16.8 Å². The molecular formula is C17H17N5O2. The maximum absolute atomic E-state index is 12.2. The van der Waals surface area contributed by atoms with Gasteiger partial charge in [-0.3, -0.25) is 4.79 Å². The molecule has 0 saturated carbocycles. The van der Waals surface area contributed by atoms with E-state index >= 15 is 0 Å². The lowest BCUT2D eigenvalue weighted by molar-refractivity contribution is 0.0951. The lowest BCUT2D eigenvalue weighted by Gasteiger charge is -2.08. The average Bonchev–Trinajstić information content (AvgIpc) is 3.17. The smallest absolute Gasteiger partial charge is 0.251 e. The lowest BCUT2D eigenvalue weighted by Crippen LogP contribution is -2.25. The third kappa shape index (κ3) is 4.16. The van der Waals surface area contributed by atoms with E-state index in [1.807, 2.05) is 36.4 Å². The van der Waals surface area contributed by atoms with Crippen molar-refractivity contribution in [2.24, 2.45) is 0 Å². The van der Waals surface area contributed by atoms with E-state index in [9.17, 15) is 4.79 Å². The van der Waals surface area contributed by atoms with E-state index in [1.165, 1.54) is 11.0 Å². The number of nitrogens with zero attached hydrogens (tertiary/aromatic N) is 4. The molecule has 3 rings (SSSR count). The average molecular weight is 323 g/mol. The van der Waals surface area contributed by atoms with Crippen molar-refractivity contribution < 1.29 is 9.53 Å². The predicted molar refractivity (Wildman–Crippen MR) is 88.0 cm³/mol. The molecule has 0 bridgehead atoms. The van der Waals surface area contributed by atoms with Crippen LogP contribution in [0.25, 0.3) is 5.69 Å². The number of hydrogen-bond donors (Lipinski definition) is 1. The summed E-state index contributed by atoms with van der Waals surface area (Å²) in [5.41, 5.74) is 1.30. The van der Waals surface area contributed by atoms with Gasteiger partial charge in [0.1, 0.15) is 12.1 Å². The summed E-state index contributed by atoms with van der Waals surface area (Å²) in [6.45, 7) is 1.09. The highest BCUT2D eigenvalue weighted by Gasteiger charge is 2.07. The summed E-state index contributed by atoms with van der Waals surface area (Å²) in [5.74, 6) is 0.697. The van der Waals surface area contributed by atoms with E-state index in [-0.39, 0.29) is 5.91 Å². The Morgan fingerprint density at radius 1 is 1.12 bits per heavy atom. The van der Waals surface area contributed by atoms with Gasteiger partial charge in [0.15, 0.2) is 0 Å². The molecule has 24 heavy (non-hydrogen) atoms. The Balaban J connectivity index is 1.46. The number of ether oxygens (including phenoxy) is 1. The van der Waals surface area contributed by atoms with E-state index in [4.69, 9.17) is 4.74 Å². The molecule has 1 amide bonds. The van der Waals surface area contributed by atoms with Crippen LogP contribution in [-0.4, -0.2) is 39.3 Å². The highest BCUT2D eigenvalue weighted by atomic mass is 16.5. The number of hydrogen-bond acceptors (Lipinski definition) is 5. The SMILES string of the molecule is O=C(NCCCOc1ccccc1)c1cccc(-n2cnnn2)c1. The van der Waals surface area contributed by atoms with Crippen LogP contribution in [0.15, 0.2) is 60.9 Å². The van der Waals surface area contributed by atoms with Gasteiger partial charge in [0, 0.05) is 12.1 Å². The maximum Gasteiger partial charge on any atom is 0.251 e. The van der Waals surface area contributed by atoms with Crippen LogP contribution in [0.5, 0.6) is 5.75 Å². The highest BCUT2D eigenvalue weighted by molar-refractivity contribution is 5.94. The van der Waals surface area contributed by atoms with Gasteiger partial charge in [0.25, 0.3) is 5.91 Å². The van der Waals surface area contributed by atoms with Gasteiger partial charge in [-0.2, -0.15) is 0 Å². The predicted octanol–water partition coefficient (Wildman–Crippen LogP) is 1.86. The Morgan fingerprint density at radius 3 is 2.79 bits per heavy atom. The monoisotopic (exact) mass is 323 g/mol. The van der Waals surface area contributed by atoms with Gasteiger partial charge in [-0.15, -0.1) is 5.10 Å². The molecule has 0 fully saturated rings. The van der Waals surface area contributed by atoms with Crippen molar-refractivity contribution in [3.8, 4) is 11.4 Å². The van der Waals surface area contributed by atoms with Crippen LogP contribution in [0.4, 0.5) is 0 Å².